The summed E-state index contributed by atoms with van der Waals surface area (Å²) in [5.74, 6) is -1.82. The molecule has 200 valence electrons. The first-order chi connectivity index (χ1) is 18.9. The van der Waals surface area contributed by atoms with Crippen molar-refractivity contribution in [3.05, 3.63) is 131 Å². The third-order valence-corrected chi connectivity index (χ3v) is 5.94. The summed E-state index contributed by atoms with van der Waals surface area (Å²) in [7, 11) is 0. The highest BCUT2D eigenvalue weighted by Crippen LogP contribution is 2.27. The first kappa shape index (κ1) is 27.6. The fourth-order valence-electron chi connectivity index (χ4n) is 3.95. The van der Waals surface area contributed by atoms with Crippen LogP contribution >= 0.6 is 0 Å². The maximum atomic E-state index is 13.4. The molecule has 4 aromatic rings. The van der Waals surface area contributed by atoms with Gasteiger partial charge < -0.3 is 4.84 Å². The van der Waals surface area contributed by atoms with Gasteiger partial charge in [-0.05, 0) is 116 Å². The summed E-state index contributed by atoms with van der Waals surface area (Å²) in [6.07, 6.45) is 2.07. The maximum Gasteiger partial charge on any atom is 0.231 e. The Labute approximate surface area is 224 Å². The van der Waals surface area contributed by atoms with Crippen molar-refractivity contribution in [2.24, 2.45) is 5.16 Å². The summed E-state index contributed by atoms with van der Waals surface area (Å²) in [5.41, 5.74) is 2.66. The topological polar surface area (TPSA) is 41.9 Å². The van der Waals surface area contributed by atoms with E-state index in [1.807, 2.05) is 0 Å². The van der Waals surface area contributed by atoms with Gasteiger partial charge in [0, 0.05) is 28.9 Å². The van der Waals surface area contributed by atoms with Crippen molar-refractivity contribution in [2.75, 3.05) is 11.5 Å². The fourth-order valence-corrected chi connectivity index (χ4v) is 3.95. The molecule has 0 heterocycles. The monoisotopic (exact) mass is 534 g/mol. The number of nitrogens with zero attached hydrogens (tertiary/aromatic N) is 2. The Bertz CT molecular complexity index is 1300. The number of halogens is 4. The molecule has 8 heteroatoms. The van der Waals surface area contributed by atoms with Gasteiger partial charge in [-0.3, -0.25) is 9.69 Å². The van der Waals surface area contributed by atoms with E-state index in [-0.39, 0.29) is 30.6 Å². The van der Waals surface area contributed by atoms with Crippen molar-refractivity contribution in [3.8, 4) is 0 Å². The Morgan fingerprint density at radius 2 is 1.00 bits per heavy atom. The highest BCUT2D eigenvalue weighted by molar-refractivity contribution is 6.12. The Morgan fingerprint density at radius 3 is 1.44 bits per heavy atom. The van der Waals surface area contributed by atoms with Crippen LogP contribution in [0.25, 0.3) is 0 Å². The number of unbranched alkanes of at least 4 members (excludes halogenated alkanes) is 2. The van der Waals surface area contributed by atoms with Crippen LogP contribution in [0.4, 0.5) is 28.9 Å². The lowest BCUT2D eigenvalue weighted by molar-refractivity contribution is -0.118. The molecule has 0 saturated carbocycles. The molecule has 0 spiro atoms. The van der Waals surface area contributed by atoms with Gasteiger partial charge in [0.15, 0.2) is 0 Å². The smallest absolute Gasteiger partial charge is 0.231 e. The second-order valence-corrected chi connectivity index (χ2v) is 8.78. The van der Waals surface area contributed by atoms with Crippen molar-refractivity contribution >= 4 is 23.0 Å². The largest absolute Gasteiger partial charge is 0.395 e. The minimum absolute atomic E-state index is 0.206. The average molecular weight is 535 g/mol. The van der Waals surface area contributed by atoms with Crippen LogP contribution in [0.3, 0.4) is 0 Å². The summed E-state index contributed by atoms with van der Waals surface area (Å²) in [5, 5.41) is 4.21. The molecule has 0 bridgehead atoms. The standard InChI is InChI=1S/C31H26F4N2O2/c32-24-9-5-22(6-10-24)31(23-7-11-25(33)12-8-23)36-39-21-3-1-2-4-30(38)37(28-17-13-26(34)14-18-28)29-19-15-27(35)16-20-29/h5-20H,1-4,21H2. The lowest BCUT2D eigenvalue weighted by Gasteiger charge is -2.23. The van der Waals surface area contributed by atoms with Crippen LogP contribution in [0.2, 0.25) is 0 Å². The van der Waals surface area contributed by atoms with Gasteiger partial charge in [0.05, 0.1) is 0 Å². The van der Waals surface area contributed by atoms with Crippen LogP contribution in [-0.4, -0.2) is 18.2 Å². The molecule has 1 amide bonds. The van der Waals surface area contributed by atoms with Crippen LogP contribution in [0, 0.1) is 23.3 Å². The summed E-state index contributed by atoms with van der Waals surface area (Å²) >= 11 is 0. The molecule has 39 heavy (non-hydrogen) atoms. The van der Waals surface area contributed by atoms with Crippen LogP contribution in [-0.2, 0) is 9.63 Å². The molecule has 0 aromatic heterocycles. The van der Waals surface area contributed by atoms with Crippen LogP contribution in [0.15, 0.2) is 102 Å². The quantitative estimate of drug-likeness (QED) is 0.0849. The molecule has 4 aromatic carbocycles. The fraction of sp³-hybridized carbons (Fsp3) is 0.161. The Balaban J connectivity index is 1.33. The van der Waals surface area contributed by atoms with Gasteiger partial charge in [-0.15, -0.1) is 0 Å². The van der Waals surface area contributed by atoms with Gasteiger partial charge in [-0.2, -0.15) is 0 Å². The highest BCUT2D eigenvalue weighted by atomic mass is 19.1. The molecule has 0 saturated heterocycles. The number of hydrogen-bond donors (Lipinski definition) is 0. The van der Waals surface area contributed by atoms with E-state index < -0.39 is 11.6 Å². The van der Waals surface area contributed by atoms with E-state index in [1.54, 1.807) is 24.3 Å². The van der Waals surface area contributed by atoms with Crippen molar-refractivity contribution in [1.82, 2.24) is 0 Å². The molecule has 0 aliphatic rings. The molecular formula is C31H26F4N2O2. The van der Waals surface area contributed by atoms with Gasteiger partial charge in [-0.1, -0.05) is 5.16 Å². The second-order valence-electron chi connectivity index (χ2n) is 8.78. The zero-order chi connectivity index (χ0) is 27.6. The minimum Gasteiger partial charge on any atom is -0.395 e. The van der Waals surface area contributed by atoms with E-state index in [0.717, 1.165) is 0 Å². The summed E-state index contributed by atoms with van der Waals surface area (Å²) in [4.78, 5) is 20.0. The number of carbonyl (C=O) groups excluding carboxylic acids is 1. The zero-order valence-electron chi connectivity index (χ0n) is 21.0. The Kier molecular flexibility index (Phi) is 9.45. The van der Waals surface area contributed by atoms with Gasteiger partial charge in [-0.25, -0.2) is 17.6 Å². The van der Waals surface area contributed by atoms with E-state index in [9.17, 15) is 22.4 Å². The normalized spacial score (nSPS) is 10.7. The number of anilines is 2. The third kappa shape index (κ3) is 7.77. The third-order valence-electron chi connectivity index (χ3n) is 5.94. The summed E-state index contributed by atoms with van der Waals surface area (Å²) in [6, 6.07) is 22.6. The van der Waals surface area contributed by atoms with Crippen molar-refractivity contribution in [1.29, 1.82) is 0 Å². The van der Waals surface area contributed by atoms with E-state index >= 15 is 0 Å². The molecule has 0 unspecified atom stereocenters. The van der Waals surface area contributed by atoms with E-state index in [2.05, 4.69) is 5.16 Å². The van der Waals surface area contributed by atoms with Gasteiger partial charge in [0.25, 0.3) is 0 Å². The number of rotatable bonds is 11. The molecule has 0 atom stereocenters. The predicted molar refractivity (Wildman–Crippen MR) is 143 cm³/mol. The molecule has 0 aliphatic carbocycles. The van der Waals surface area contributed by atoms with Gasteiger partial charge >= 0.3 is 0 Å². The van der Waals surface area contributed by atoms with Gasteiger partial charge in [0.1, 0.15) is 35.6 Å². The molecule has 0 aliphatic heterocycles. The van der Waals surface area contributed by atoms with E-state index in [0.29, 0.717) is 47.5 Å². The summed E-state index contributed by atoms with van der Waals surface area (Å²) < 4.78 is 53.6. The van der Waals surface area contributed by atoms with Crippen LogP contribution in [0.5, 0.6) is 0 Å². The number of oxime groups is 1. The highest BCUT2D eigenvalue weighted by Gasteiger charge is 2.18. The van der Waals surface area contributed by atoms with Crippen LogP contribution in [0.1, 0.15) is 36.8 Å². The van der Waals surface area contributed by atoms with E-state index in [4.69, 9.17) is 4.84 Å². The molecule has 0 N–H and O–H groups in total. The van der Waals surface area contributed by atoms with Crippen molar-refractivity contribution < 1.29 is 27.2 Å². The second kappa shape index (κ2) is 13.4. The van der Waals surface area contributed by atoms with Crippen molar-refractivity contribution in [3.63, 3.8) is 0 Å². The SMILES string of the molecule is O=C(CCCCCON=C(c1ccc(F)cc1)c1ccc(F)cc1)N(c1ccc(F)cc1)c1ccc(F)cc1. The van der Waals surface area contributed by atoms with E-state index in [1.165, 1.54) is 77.7 Å². The number of hydrogen-bond acceptors (Lipinski definition) is 3. The lowest BCUT2D eigenvalue weighted by Crippen LogP contribution is -2.25. The van der Waals surface area contributed by atoms with Crippen molar-refractivity contribution in [2.45, 2.75) is 25.7 Å². The first-order valence-electron chi connectivity index (χ1n) is 12.5. The molecule has 0 fully saturated rings. The lowest BCUT2D eigenvalue weighted by atomic mass is 10.0. The molecule has 4 nitrogen and oxygen atoms in total. The molecular weight excluding hydrogens is 508 g/mol. The number of carbonyl (C=O) groups is 1. The zero-order valence-corrected chi connectivity index (χ0v) is 21.0. The molecule has 0 radical (unpaired) electrons. The Hall–Kier alpha value is -4.46. The number of benzene rings is 4. The minimum atomic E-state index is -0.421. The average Bonchev–Trinajstić information content (AvgIpc) is 2.94. The predicted octanol–water partition coefficient (Wildman–Crippen LogP) is 7.94. The van der Waals surface area contributed by atoms with Gasteiger partial charge in [0.2, 0.25) is 5.91 Å². The Morgan fingerprint density at radius 1 is 0.590 bits per heavy atom. The molecule has 4 rings (SSSR count). The first-order valence-corrected chi connectivity index (χ1v) is 12.5. The maximum absolute atomic E-state index is 13.4. The van der Waals surface area contributed by atoms with Crippen LogP contribution < -0.4 is 4.90 Å². The summed E-state index contributed by atoms with van der Waals surface area (Å²) in [6.45, 7) is 0.277. The number of amides is 1.